The summed E-state index contributed by atoms with van der Waals surface area (Å²) in [4.78, 5) is 12.7. The van der Waals surface area contributed by atoms with Crippen molar-refractivity contribution in [3.05, 3.63) is 146 Å². The third kappa shape index (κ3) is 3.59. The second-order valence-corrected chi connectivity index (χ2v) is 12.6. The van der Waals surface area contributed by atoms with Crippen molar-refractivity contribution >= 4 is 70.6 Å². The molecular formula is C40H24N4S. The van der Waals surface area contributed by atoms with Gasteiger partial charge in [-0.25, -0.2) is 9.97 Å². The molecule has 0 unspecified atom stereocenters. The molecule has 0 N–H and O–H groups in total. The van der Waals surface area contributed by atoms with E-state index in [9.17, 15) is 0 Å². The first-order valence-electron chi connectivity index (χ1n) is 15.1. The van der Waals surface area contributed by atoms with Crippen molar-refractivity contribution in [1.29, 1.82) is 0 Å². The second kappa shape index (κ2) is 9.36. The van der Waals surface area contributed by atoms with Crippen molar-refractivity contribution in [2.45, 2.75) is 0 Å². The monoisotopic (exact) mass is 592 g/mol. The standard InChI is InChI=1S/C40H24N4S/c1-3-12-25(13-4-1)31-24-32(26-14-5-2-6-15-26)42-40(41-31)44-34-19-9-8-18-33(34)43-36-22-30-27-16-7-10-21-37(27)45-38(30)23-29(36)28-17-11-20-35(44)39(28)43/h1-24H. The Morgan fingerprint density at radius 2 is 1.07 bits per heavy atom. The van der Waals surface area contributed by atoms with Gasteiger partial charge in [0.1, 0.15) is 0 Å². The predicted molar refractivity (Wildman–Crippen MR) is 188 cm³/mol. The van der Waals surface area contributed by atoms with Crippen molar-refractivity contribution < 1.29 is 0 Å². The predicted octanol–water partition coefficient (Wildman–Crippen LogP) is 11.1. The highest BCUT2D eigenvalue weighted by Crippen LogP contribution is 2.50. The maximum atomic E-state index is 5.24. The van der Waals surface area contributed by atoms with Gasteiger partial charge in [-0.3, -0.25) is 4.90 Å². The van der Waals surface area contributed by atoms with Gasteiger partial charge < -0.3 is 4.57 Å². The van der Waals surface area contributed by atoms with Crippen molar-refractivity contribution in [1.82, 2.24) is 14.5 Å². The van der Waals surface area contributed by atoms with E-state index >= 15 is 0 Å². The van der Waals surface area contributed by atoms with E-state index in [1.807, 2.05) is 23.5 Å². The first kappa shape index (κ1) is 24.6. The smallest absolute Gasteiger partial charge is 0.235 e. The number of hydrogen-bond acceptors (Lipinski definition) is 4. The fourth-order valence-electron chi connectivity index (χ4n) is 6.93. The Morgan fingerprint density at radius 3 is 1.82 bits per heavy atom. The average Bonchev–Trinajstić information content (AvgIpc) is 3.64. The minimum absolute atomic E-state index is 0.652. The van der Waals surface area contributed by atoms with Crippen LogP contribution in [0.15, 0.2) is 146 Å². The Hall–Kier alpha value is -5.78. The van der Waals surface area contributed by atoms with Crippen molar-refractivity contribution in [2.75, 3.05) is 4.90 Å². The summed E-state index contributed by atoms with van der Waals surface area (Å²) in [7, 11) is 0. The maximum absolute atomic E-state index is 5.24. The molecule has 210 valence electrons. The van der Waals surface area contributed by atoms with E-state index in [0.29, 0.717) is 5.95 Å². The van der Waals surface area contributed by atoms with Crippen LogP contribution in [-0.2, 0) is 0 Å². The molecule has 3 aromatic heterocycles. The highest BCUT2D eigenvalue weighted by Gasteiger charge is 2.30. The number of para-hydroxylation sites is 3. The number of aromatic nitrogens is 3. The molecule has 0 fully saturated rings. The zero-order valence-electron chi connectivity index (χ0n) is 24.1. The molecule has 1 aliphatic heterocycles. The number of nitrogens with zero attached hydrogens (tertiary/aromatic N) is 4. The van der Waals surface area contributed by atoms with E-state index in [1.54, 1.807) is 0 Å². The topological polar surface area (TPSA) is 34.0 Å². The zero-order valence-corrected chi connectivity index (χ0v) is 24.9. The Balaban J connectivity index is 1.29. The van der Waals surface area contributed by atoms with Crippen molar-refractivity contribution in [3.8, 4) is 28.2 Å². The molecule has 10 rings (SSSR count). The first-order valence-corrected chi connectivity index (χ1v) is 15.9. The first-order chi connectivity index (χ1) is 22.3. The van der Waals surface area contributed by atoms with Gasteiger partial charge in [0.15, 0.2) is 0 Å². The third-order valence-corrected chi connectivity index (χ3v) is 10.1. The van der Waals surface area contributed by atoms with Gasteiger partial charge in [-0.15, -0.1) is 11.3 Å². The number of rotatable bonds is 3. The van der Waals surface area contributed by atoms with Crippen LogP contribution in [-0.4, -0.2) is 14.5 Å². The van der Waals surface area contributed by atoms with E-state index in [4.69, 9.17) is 9.97 Å². The van der Waals surface area contributed by atoms with Crippen LogP contribution in [0.2, 0.25) is 0 Å². The second-order valence-electron chi connectivity index (χ2n) is 11.5. The fourth-order valence-corrected chi connectivity index (χ4v) is 8.06. The summed E-state index contributed by atoms with van der Waals surface area (Å²) < 4.78 is 5.07. The molecule has 9 aromatic rings. The van der Waals surface area contributed by atoms with Gasteiger partial charge in [0.25, 0.3) is 0 Å². The third-order valence-electron chi connectivity index (χ3n) is 8.92. The lowest BCUT2D eigenvalue weighted by atomic mass is 10.1. The van der Waals surface area contributed by atoms with Gasteiger partial charge in [0.05, 0.1) is 39.5 Å². The molecule has 4 heterocycles. The maximum Gasteiger partial charge on any atom is 0.235 e. The van der Waals surface area contributed by atoms with Gasteiger partial charge in [-0.1, -0.05) is 103 Å². The zero-order chi connectivity index (χ0) is 29.5. The highest BCUT2D eigenvalue weighted by molar-refractivity contribution is 7.25. The van der Waals surface area contributed by atoms with E-state index in [1.165, 1.54) is 42.0 Å². The summed E-state index contributed by atoms with van der Waals surface area (Å²) in [5, 5.41) is 5.09. The van der Waals surface area contributed by atoms with Crippen LogP contribution in [0.25, 0.3) is 70.2 Å². The summed E-state index contributed by atoms with van der Waals surface area (Å²) >= 11 is 1.86. The quantitative estimate of drug-likeness (QED) is 0.205. The van der Waals surface area contributed by atoms with Crippen LogP contribution >= 0.6 is 11.3 Å². The molecule has 0 radical (unpaired) electrons. The minimum atomic E-state index is 0.652. The molecule has 0 saturated carbocycles. The lowest BCUT2D eigenvalue weighted by Crippen LogP contribution is -2.20. The van der Waals surface area contributed by atoms with Crippen molar-refractivity contribution in [3.63, 3.8) is 0 Å². The molecule has 0 spiro atoms. The lowest BCUT2D eigenvalue weighted by Gasteiger charge is -2.31. The molecule has 5 heteroatoms. The normalized spacial score (nSPS) is 12.4. The Kier molecular flexibility index (Phi) is 5.12. The summed E-state index contributed by atoms with van der Waals surface area (Å²) in [5.74, 6) is 0.652. The Bertz CT molecular complexity index is 2540. The lowest BCUT2D eigenvalue weighted by molar-refractivity contribution is 1.05. The molecule has 1 aliphatic rings. The molecular weight excluding hydrogens is 569 g/mol. The van der Waals surface area contributed by atoms with Crippen LogP contribution in [0.3, 0.4) is 0 Å². The number of thiophene rings is 1. The van der Waals surface area contributed by atoms with Gasteiger partial charge in [0.2, 0.25) is 5.95 Å². The summed E-state index contributed by atoms with van der Waals surface area (Å²) in [6.45, 7) is 0. The number of anilines is 3. The van der Waals surface area contributed by atoms with Gasteiger partial charge in [-0.2, -0.15) is 0 Å². The Labute approximate surface area is 263 Å². The van der Waals surface area contributed by atoms with E-state index in [2.05, 4.69) is 143 Å². The molecule has 0 aliphatic carbocycles. The average molecular weight is 593 g/mol. The summed E-state index contributed by atoms with van der Waals surface area (Å²) in [5.41, 5.74) is 9.52. The molecule has 45 heavy (non-hydrogen) atoms. The van der Waals surface area contributed by atoms with Crippen LogP contribution < -0.4 is 4.90 Å². The van der Waals surface area contributed by atoms with Gasteiger partial charge >= 0.3 is 0 Å². The van der Waals surface area contributed by atoms with E-state index < -0.39 is 0 Å². The van der Waals surface area contributed by atoms with Gasteiger partial charge in [0, 0.05) is 42.1 Å². The molecule has 0 atom stereocenters. The van der Waals surface area contributed by atoms with Crippen LogP contribution in [0.5, 0.6) is 0 Å². The number of hydrogen-bond donors (Lipinski definition) is 0. The Morgan fingerprint density at radius 1 is 0.444 bits per heavy atom. The molecule has 6 aromatic carbocycles. The van der Waals surface area contributed by atoms with Crippen molar-refractivity contribution in [2.24, 2.45) is 0 Å². The van der Waals surface area contributed by atoms with E-state index in [-0.39, 0.29) is 0 Å². The minimum Gasteiger partial charge on any atom is -0.305 e. The molecule has 0 bridgehead atoms. The number of fused-ring (bicyclic) bond motifs is 8. The van der Waals surface area contributed by atoms with E-state index in [0.717, 1.165) is 39.6 Å². The molecule has 0 amide bonds. The molecule has 0 saturated heterocycles. The fraction of sp³-hybridized carbons (Fsp3) is 0. The van der Waals surface area contributed by atoms with Gasteiger partial charge in [-0.05, 0) is 42.5 Å². The summed E-state index contributed by atoms with van der Waals surface area (Å²) in [6, 6.07) is 51.6. The SMILES string of the molecule is c1ccc(-c2cc(-c3ccccc3)nc(N3c4ccccc4-n4c5cc6c(cc5c5cccc3c54)sc3ccccc36)n2)cc1. The van der Waals surface area contributed by atoms with Crippen LogP contribution in [0, 0.1) is 0 Å². The van der Waals surface area contributed by atoms with Crippen LogP contribution in [0.1, 0.15) is 0 Å². The summed E-state index contributed by atoms with van der Waals surface area (Å²) in [6.07, 6.45) is 0. The largest absolute Gasteiger partial charge is 0.305 e. The molecule has 4 nitrogen and oxygen atoms in total. The number of benzene rings is 6. The van der Waals surface area contributed by atoms with Crippen LogP contribution in [0.4, 0.5) is 17.3 Å². The highest BCUT2D eigenvalue weighted by atomic mass is 32.1.